The number of rotatable bonds is 4. The summed E-state index contributed by atoms with van der Waals surface area (Å²) in [5, 5.41) is 3.93. The van der Waals surface area contributed by atoms with Gasteiger partial charge >= 0.3 is 0 Å². The zero-order valence-electron chi connectivity index (χ0n) is 9.66. The van der Waals surface area contributed by atoms with E-state index in [0.29, 0.717) is 11.1 Å². The molecule has 0 saturated heterocycles. The molecule has 0 fully saturated rings. The Labute approximate surface area is 122 Å². The van der Waals surface area contributed by atoms with E-state index in [-0.39, 0.29) is 0 Å². The van der Waals surface area contributed by atoms with Crippen LogP contribution in [-0.2, 0) is 0 Å². The third kappa shape index (κ3) is 2.10. The zero-order chi connectivity index (χ0) is 13.2. The standard InChI is InChI=1S/C14H8O2S3/c15-7-9-10(8-16)14(12-4-2-6-18-12)19-13(9)11-3-1-5-17-11/h1-8H. The van der Waals surface area contributed by atoms with Gasteiger partial charge in [-0.3, -0.25) is 9.59 Å². The molecule has 0 amide bonds. The summed E-state index contributed by atoms with van der Waals surface area (Å²) < 4.78 is 0. The van der Waals surface area contributed by atoms with Gasteiger partial charge in [0.2, 0.25) is 0 Å². The predicted molar refractivity (Wildman–Crippen MR) is 81.7 cm³/mol. The van der Waals surface area contributed by atoms with Crippen molar-refractivity contribution in [3.63, 3.8) is 0 Å². The topological polar surface area (TPSA) is 34.1 Å². The molecular formula is C14H8O2S3. The molecule has 2 nitrogen and oxygen atoms in total. The van der Waals surface area contributed by atoms with Crippen LogP contribution in [0.3, 0.4) is 0 Å². The Morgan fingerprint density at radius 1 is 0.789 bits per heavy atom. The first-order valence-corrected chi connectivity index (χ1v) is 8.07. The van der Waals surface area contributed by atoms with Gasteiger partial charge in [-0.05, 0) is 22.9 Å². The van der Waals surface area contributed by atoms with E-state index in [4.69, 9.17) is 0 Å². The van der Waals surface area contributed by atoms with Crippen LogP contribution >= 0.6 is 34.0 Å². The fraction of sp³-hybridized carbons (Fsp3) is 0. The smallest absolute Gasteiger partial charge is 0.152 e. The molecule has 0 radical (unpaired) electrons. The molecular weight excluding hydrogens is 296 g/mol. The minimum absolute atomic E-state index is 0.505. The van der Waals surface area contributed by atoms with E-state index in [9.17, 15) is 9.59 Å². The zero-order valence-corrected chi connectivity index (χ0v) is 12.1. The fourth-order valence-electron chi connectivity index (χ4n) is 1.87. The summed E-state index contributed by atoms with van der Waals surface area (Å²) in [6.07, 6.45) is 1.57. The third-order valence-electron chi connectivity index (χ3n) is 2.71. The summed E-state index contributed by atoms with van der Waals surface area (Å²) in [5.41, 5.74) is 1.01. The second kappa shape index (κ2) is 5.21. The van der Waals surface area contributed by atoms with Crippen LogP contribution in [0.25, 0.3) is 19.5 Å². The van der Waals surface area contributed by atoms with Gasteiger partial charge in [0, 0.05) is 20.9 Å². The van der Waals surface area contributed by atoms with Crippen molar-refractivity contribution in [2.75, 3.05) is 0 Å². The largest absolute Gasteiger partial charge is 0.298 e. The summed E-state index contributed by atoms with van der Waals surface area (Å²) in [5.74, 6) is 0. The van der Waals surface area contributed by atoms with E-state index >= 15 is 0 Å². The Hall–Kier alpha value is -1.56. The monoisotopic (exact) mass is 304 g/mol. The van der Waals surface area contributed by atoms with Gasteiger partial charge in [0.25, 0.3) is 0 Å². The lowest BCUT2D eigenvalue weighted by atomic mass is 10.1. The summed E-state index contributed by atoms with van der Waals surface area (Å²) in [6.45, 7) is 0. The summed E-state index contributed by atoms with van der Waals surface area (Å²) in [7, 11) is 0. The fourth-order valence-corrected chi connectivity index (χ4v) is 4.84. The maximum absolute atomic E-state index is 11.3. The average Bonchev–Trinajstić information content (AvgIpc) is 3.16. The van der Waals surface area contributed by atoms with Crippen LogP contribution in [0.4, 0.5) is 0 Å². The van der Waals surface area contributed by atoms with Gasteiger partial charge in [0.1, 0.15) is 0 Å². The van der Waals surface area contributed by atoms with Crippen molar-refractivity contribution < 1.29 is 9.59 Å². The Bertz CT molecular complexity index is 646. The van der Waals surface area contributed by atoms with Gasteiger partial charge in [-0.25, -0.2) is 0 Å². The van der Waals surface area contributed by atoms with Crippen LogP contribution in [0, 0.1) is 0 Å². The molecule has 3 heterocycles. The number of carbonyl (C=O) groups excluding carboxylic acids is 2. The maximum Gasteiger partial charge on any atom is 0.152 e. The van der Waals surface area contributed by atoms with Crippen LogP contribution in [0.15, 0.2) is 35.0 Å². The van der Waals surface area contributed by atoms with E-state index in [1.54, 1.807) is 22.7 Å². The van der Waals surface area contributed by atoms with E-state index in [1.807, 2.05) is 35.0 Å². The van der Waals surface area contributed by atoms with E-state index in [1.165, 1.54) is 11.3 Å². The molecule has 0 aliphatic rings. The third-order valence-corrected chi connectivity index (χ3v) is 6.03. The first-order chi connectivity index (χ1) is 9.35. The lowest BCUT2D eigenvalue weighted by molar-refractivity contribution is 0.109. The second-order valence-electron chi connectivity index (χ2n) is 3.78. The molecule has 0 N–H and O–H groups in total. The van der Waals surface area contributed by atoms with Crippen molar-refractivity contribution in [3.05, 3.63) is 46.2 Å². The lowest BCUT2D eigenvalue weighted by Crippen LogP contribution is -1.87. The minimum atomic E-state index is 0.505. The number of aldehydes is 2. The number of thiophene rings is 3. The Morgan fingerprint density at radius 2 is 1.26 bits per heavy atom. The molecule has 3 aromatic heterocycles. The molecule has 0 bridgehead atoms. The highest BCUT2D eigenvalue weighted by Gasteiger charge is 2.20. The van der Waals surface area contributed by atoms with Crippen molar-refractivity contribution in [2.24, 2.45) is 0 Å². The first-order valence-electron chi connectivity index (χ1n) is 5.50. The normalized spacial score (nSPS) is 10.5. The van der Waals surface area contributed by atoms with Gasteiger partial charge in [0.15, 0.2) is 12.6 Å². The maximum atomic E-state index is 11.3. The van der Waals surface area contributed by atoms with Gasteiger partial charge in [-0.15, -0.1) is 34.0 Å². The molecule has 3 rings (SSSR count). The van der Waals surface area contributed by atoms with Crippen LogP contribution in [0.2, 0.25) is 0 Å². The molecule has 0 aliphatic carbocycles. The van der Waals surface area contributed by atoms with Crippen molar-refractivity contribution in [2.45, 2.75) is 0 Å². The van der Waals surface area contributed by atoms with Crippen molar-refractivity contribution in [3.8, 4) is 19.5 Å². The highest BCUT2D eigenvalue weighted by Crippen LogP contribution is 2.43. The molecule has 3 aromatic rings. The van der Waals surface area contributed by atoms with E-state index < -0.39 is 0 Å². The Balaban J connectivity index is 2.27. The van der Waals surface area contributed by atoms with Crippen molar-refractivity contribution in [1.29, 1.82) is 0 Å². The molecule has 0 atom stereocenters. The quantitative estimate of drug-likeness (QED) is 0.647. The van der Waals surface area contributed by atoms with Crippen molar-refractivity contribution in [1.82, 2.24) is 0 Å². The number of hydrogen-bond donors (Lipinski definition) is 0. The number of hydrogen-bond acceptors (Lipinski definition) is 5. The van der Waals surface area contributed by atoms with Crippen LogP contribution < -0.4 is 0 Å². The summed E-state index contributed by atoms with van der Waals surface area (Å²) in [4.78, 5) is 26.5. The van der Waals surface area contributed by atoms with Gasteiger partial charge in [-0.2, -0.15) is 0 Å². The average molecular weight is 304 g/mol. The number of carbonyl (C=O) groups is 2. The predicted octanol–water partition coefficient (Wildman–Crippen LogP) is 4.83. The molecule has 0 spiro atoms. The first kappa shape index (κ1) is 12.5. The van der Waals surface area contributed by atoms with Crippen molar-refractivity contribution >= 4 is 46.6 Å². The van der Waals surface area contributed by atoms with Gasteiger partial charge in [0.05, 0.1) is 9.75 Å². The molecule has 0 saturated carbocycles. The second-order valence-corrected chi connectivity index (χ2v) is 6.69. The minimum Gasteiger partial charge on any atom is -0.298 e. The highest BCUT2D eigenvalue weighted by molar-refractivity contribution is 7.26. The molecule has 5 heteroatoms. The molecule has 19 heavy (non-hydrogen) atoms. The van der Waals surface area contributed by atoms with Crippen LogP contribution in [0.1, 0.15) is 20.7 Å². The van der Waals surface area contributed by atoms with E-state index in [2.05, 4.69) is 0 Å². The molecule has 94 valence electrons. The molecule has 0 unspecified atom stereocenters. The van der Waals surface area contributed by atoms with Crippen LogP contribution in [-0.4, -0.2) is 12.6 Å². The van der Waals surface area contributed by atoms with E-state index in [0.717, 1.165) is 32.1 Å². The SMILES string of the molecule is O=Cc1c(-c2cccs2)sc(-c2cccs2)c1C=O. The summed E-state index contributed by atoms with van der Waals surface area (Å²) in [6, 6.07) is 7.83. The Kier molecular flexibility index (Phi) is 3.42. The van der Waals surface area contributed by atoms with Gasteiger partial charge < -0.3 is 0 Å². The summed E-state index contributed by atoms with van der Waals surface area (Å²) >= 11 is 4.66. The molecule has 0 aliphatic heterocycles. The van der Waals surface area contributed by atoms with Gasteiger partial charge in [-0.1, -0.05) is 12.1 Å². The Morgan fingerprint density at radius 3 is 1.58 bits per heavy atom. The van der Waals surface area contributed by atoms with Crippen LogP contribution in [0.5, 0.6) is 0 Å². The highest BCUT2D eigenvalue weighted by atomic mass is 32.1. The molecule has 0 aromatic carbocycles. The lowest BCUT2D eigenvalue weighted by Gasteiger charge is -1.93.